The summed E-state index contributed by atoms with van der Waals surface area (Å²) in [5.74, 6) is 1.39. The van der Waals surface area contributed by atoms with Crippen LogP contribution in [0.3, 0.4) is 0 Å². The van der Waals surface area contributed by atoms with Crippen LogP contribution in [0.4, 0.5) is 0 Å². The highest BCUT2D eigenvalue weighted by atomic mass is 16.1. The average molecular weight is 231 g/mol. The van der Waals surface area contributed by atoms with Gasteiger partial charge in [0.25, 0.3) is 0 Å². The molecule has 0 fully saturated rings. The maximum absolute atomic E-state index is 12.1. The summed E-state index contributed by atoms with van der Waals surface area (Å²) < 4.78 is 3.76. The van der Waals surface area contributed by atoms with E-state index >= 15 is 0 Å². The molecule has 4 nitrogen and oxygen atoms in total. The lowest BCUT2D eigenvalue weighted by atomic mass is 10.2. The fraction of sp³-hybridized carbons (Fsp3) is 0.385. The number of ketones is 1. The van der Waals surface area contributed by atoms with Crippen LogP contribution in [0.2, 0.25) is 0 Å². The number of rotatable bonds is 4. The lowest BCUT2D eigenvalue weighted by Gasteiger charge is -2.09. The molecule has 17 heavy (non-hydrogen) atoms. The van der Waals surface area contributed by atoms with E-state index in [1.807, 2.05) is 40.7 Å². The molecule has 2 heterocycles. The highest BCUT2D eigenvalue weighted by Gasteiger charge is 2.13. The van der Waals surface area contributed by atoms with Crippen LogP contribution >= 0.6 is 0 Å². The van der Waals surface area contributed by atoms with Gasteiger partial charge in [0.15, 0.2) is 5.78 Å². The molecule has 0 spiro atoms. The Balaban J connectivity index is 2.19. The minimum atomic E-state index is 0.109. The van der Waals surface area contributed by atoms with Gasteiger partial charge in [-0.2, -0.15) is 0 Å². The molecule has 0 N–H and O–H groups in total. The quantitative estimate of drug-likeness (QED) is 0.757. The minimum absolute atomic E-state index is 0.109. The highest BCUT2D eigenvalue weighted by molar-refractivity contribution is 5.94. The normalized spacial score (nSPS) is 11.1. The molecule has 0 aliphatic heterocycles. The third-order valence-corrected chi connectivity index (χ3v) is 2.81. The van der Waals surface area contributed by atoms with Gasteiger partial charge in [0.2, 0.25) is 0 Å². The Morgan fingerprint density at radius 1 is 1.41 bits per heavy atom. The van der Waals surface area contributed by atoms with Crippen molar-refractivity contribution in [1.29, 1.82) is 0 Å². The SMILES string of the molecule is CC(C)c1nccn1CC(=O)c1cccn1C. The zero-order valence-corrected chi connectivity index (χ0v) is 10.4. The molecule has 0 aliphatic carbocycles. The number of carbonyl (C=O) groups excluding carboxylic acids is 1. The van der Waals surface area contributed by atoms with Gasteiger partial charge in [-0.15, -0.1) is 0 Å². The lowest BCUT2D eigenvalue weighted by Crippen LogP contribution is -2.15. The summed E-state index contributed by atoms with van der Waals surface area (Å²) in [6.45, 7) is 4.50. The van der Waals surface area contributed by atoms with Crippen molar-refractivity contribution < 1.29 is 4.79 Å². The van der Waals surface area contributed by atoms with Gasteiger partial charge in [-0.25, -0.2) is 4.98 Å². The van der Waals surface area contributed by atoms with Crippen LogP contribution in [0.15, 0.2) is 30.7 Å². The van der Waals surface area contributed by atoms with Crippen molar-refractivity contribution in [3.63, 3.8) is 0 Å². The van der Waals surface area contributed by atoms with E-state index in [1.165, 1.54) is 0 Å². The number of imidazole rings is 1. The first-order chi connectivity index (χ1) is 8.09. The Morgan fingerprint density at radius 2 is 2.18 bits per heavy atom. The van der Waals surface area contributed by atoms with E-state index in [1.54, 1.807) is 6.20 Å². The molecule has 2 rings (SSSR count). The van der Waals surface area contributed by atoms with Crippen molar-refractivity contribution in [3.8, 4) is 0 Å². The predicted molar refractivity (Wildman–Crippen MR) is 66.1 cm³/mol. The van der Waals surface area contributed by atoms with E-state index in [0.29, 0.717) is 12.5 Å². The fourth-order valence-corrected chi connectivity index (χ4v) is 1.94. The molecule has 0 aromatic carbocycles. The van der Waals surface area contributed by atoms with Gasteiger partial charge in [-0.1, -0.05) is 13.8 Å². The number of hydrogen-bond acceptors (Lipinski definition) is 2. The second kappa shape index (κ2) is 4.57. The maximum atomic E-state index is 12.1. The molecule has 0 bridgehead atoms. The van der Waals surface area contributed by atoms with Crippen LogP contribution < -0.4 is 0 Å². The zero-order chi connectivity index (χ0) is 12.4. The maximum Gasteiger partial charge on any atom is 0.198 e. The topological polar surface area (TPSA) is 39.8 Å². The van der Waals surface area contributed by atoms with Crippen molar-refractivity contribution in [2.24, 2.45) is 7.05 Å². The summed E-state index contributed by atoms with van der Waals surface area (Å²) in [5, 5.41) is 0. The third kappa shape index (κ3) is 2.30. The van der Waals surface area contributed by atoms with E-state index in [-0.39, 0.29) is 5.78 Å². The smallest absolute Gasteiger partial charge is 0.198 e. The lowest BCUT2D eigenvalue weighted by molar-refractivity contribution is 0.0963. The molecule has 0 unspecified atom stereocenters. The van der Waals surface area contributed by atoms with Gasteiger partial charge in [0, 0.05) is 31.6 Å². The van der Waals surface area contributed by atoms with E-state index in [4.69, 9.17) is 0 Å². The van der Waals surface area contributed by atoms with E-state index in [0.717, 1.165) is 11.5 Å². The summed E-state index contributed by atoms with van der Waals surface area (Å²) in [6, 6.07) is 3.72. The summed E-state index contributed by atoms with van der Waals surface area (Å²) in [7, 11) is 1.88. The number of carbonyl (C=O) groups is 1. The fourth-order valence-electron chi connectivity index (χ4n) is 1.94. The van der Waals surface area contributed by atoms with Crippen molar-refractivity contribution in [1.82, 2.24) is 14.1 Å². The largest absolute Gasteiger partial charge is 0.348 e. The molecule has 0 amide bonds. The number of Topliss-reactive ketones (excluding diaryl/α,β-unsaturated/α-hetero) is 1. The third-order valence-electron chi connectivity index (χ3n) is 2.81. The summed E-state index contributed by atoms with van der Waals surface area (Å²) in [5.41, 5.74) is 0.730. The van der Waals surface area contributed by atoms with E-state index < -0.39 is 0 Å². The molecule has 0 radical (unpaired) electrons. The molecule has 0 saturated carbocycles. The first-order valence-electron chi connectivity index (χ1n) is 5.75. The van der Waals surface area contributed by atoms with Gasteiger partial charge >= 0.3 is 0 Å². The molecule has 2 aromatic heterocycles. The van der Waals surface area contributed by atoms with Crippen LogP contribution in [-0.2, 0) is 13.6 Å². The van der Waals surface area contributed by atoms with Gasteiger partial charge in [0.05, 0.1) is 12.2 Å². The monoisotopic (exact) mass is 231 g/mol. The second-order valence-corrected chi connectivity index (χ2v) is 4.50. The van der Waals surface area contributed by atoms with E-state index in [9.17, 15) is 4.79 Å². The van der Waals surface area contributed by atoms with Crippen LogP contribution in [0, 0.1) is 0 Å². The highest BCUT2D eigenvalue weighted by Crippen LogP contribution is 2.12. The van der Waals surface area contributed by atoms with Gasteiger partial charge in [0.1, 0.15) is 5.82 Å². The number of hydrogen-bond donors (Lipinski definition) is 0. The number of nitrogens with zero attached hydrogens (tertiary/aromatic N) is 3. The molecular formula is C13H17N3O. The van der Waals surface area contributed by atoms with Crippen LogP contribution in [0.1, 0.15) is 36.1 Å². The second-order valence-electron chi connectivity index (χ2n) is 4.50. The molecule has 90 valence electrons. The molecular weight excluding hydrogens is 214 g/mol. The van der Waals surface area contributed by atoms with Crippen LogP contribution in [0.5, 0.6) is 0 Å². The minimum Gasteiger partial charge on any atom is -0.348 e. The molecule has 0 atom stereocenters. The van der Waals surface area contributed by atoms with Crippen molar-refractivity contribution in [3.05, 3.63) is 42.2 Å². The zero-order valence-electron chi connectivity index (χ0n) is 10.4. The first-order valence-corrected chi connectivity index (χ1v) is 5.75. The van der Waals surface area contributed by atoms with Crippen LogP contribution in [0.25, 0.3) is 0 Å². The molecule has 4 heteroatoms. The standard InChI is InChI=1S/C13H17N3O/c1-10(2)13-14-6-8-16(13)9-12(17)11-5-4-7-15(11)3/h4-8,10H,9H2,1-3H3. The van der Waals surface area contributed by atoms with Gasteiger partial charge in [-0.05, 0) is 12.1 Å². The Morgan fingerprint density at radius 3 is 2.76 bits per heavy atom. The van der Waals surface area contributed by atoms with Gasteiger partial charge < -0.3 is 9.13 Å². The van der Waals surface area contributed by atoms with Crippen molar-refractivity contribution in [2.45, 2.75) is 26.3 Å². The Kier molecular flexibility index (Phi) is 3.13. The average Bonchev–Trinajstić information content (AvgIpc) is 2.86. The van der Waals surface area contributed by atoms with Crippen LogP contribution in [-0.4, -0.2) is 19.9 Å². The predicted octanol–water partition coefficient (Wildman–Crippen LogP) is 2.23. The summed E-state index contributed by atoms with van der Waals surface area (Å²) in [4.78, 5) is 16.4. The number of aromatic nitrogens is 3. The Hall–Kier alpha value is -1.84. The molecule has 2 aromatic rings. The molecule has 0 saturated heterocycles. The van der Waals surface area contributed by atoms with Gasteiger partial charge in [-0.3, -0.25) is 4.79 Å². The van der Waals surface area contributed by atoms with Crippen molar-refractivity contribution in [2.75, 3.05) is 0 Å². The summed E-state index contributed by atoms with van der Waals surface area (Å²) in [6.07, 6.45) is 5.48. The summed E-state index contributed by atoms with van der Waals surface area (Å²) >= 11 is 0. The Labute approximate surface area is 101 Å². The Bertz CT molecular complexity index is 522. The first kappa shape index (κ1) is 11.6. The number of aryl methyl sites for hydroxylation is 1. The van der Waals surface area contributed by atoms with Crippen molar-refractivity contribution >= 4 is 5.78 Å². The van der Waals surface area contributed by atoms with E-state index in [2.05, 4.69) is 18.8 Å². The molecule has 0 aliphatic rings.